The molecule has 3 rings (SSSR count). The van der Waals surface area contributed by atoms with Crippen molar-refractivity contribution in [3.05, 3.63) is 35.0 Å². The van der Waals surface area contributed by atoms with Gasteiger partial charge in [-0.25, -0.2) is 4.98 Å². The van der Waals surface area contributed by atoms with Crippen LogP contribution in [0.1, 0.15) is 65.6 Å². The Morgan fingerprint density at radius 2 is 1.97 bits per heavy atom. The molecule has 2 unspecified atom stereocenters. The van der Waals surface area contributed by atoms with Gasteiger partial charge in [0.15, 0.2) is 0 Å². The molecule has 0 spiro atoms. The monoisotopic (exact) mass is 514 g/mol. The smallest absolute Gasteiger partial charge is 0.246 e. The summed E-state index contributed by atoms with van der Waals surface area (Å²) in [6.45, 7) is 13.8. The van der Waals surface area contributed by atoms with Crippen molar-refractivity contribution in [3.8, 4) is 16.2 Å². The fourth-order valence-electron chi connectivity index (χ4n) is 4.41. The van der Waals surface area contributed by atoms with Crippen molar-refractivity contribution in [2.24, 2.45) is 5.41 Å². The van der Waals surface area contributed by atoms with Crippen molar-refractivity contribution in [2.45, 2.75) is 86.0 Å². The highest BCUT2D eigenvalue weighted by molar-refractivity contribution is 7.13. The zero-order chi connectivity index (χ0) is 26.6. The third-order valence-electron chi connectivity index (χ3n) is 6.19. The number of amides is 3. The van der Waals surface area contributed by atoms with Crippen LogP contribution in [-0.2, 0) is 20.9 Å². The quantitative estimate of drug-likeness (QED) is 0.553. The van der Waals surface area contributed by atoms with E-state index in [4.69, 9.17) is 4.74 Å². The summed E-state index contributed by atoms with van der Waals surface area (Å²) < 4.78 is 6.08. The molecule has 0 radical (unpaired) electrons. The molecule has 2 heterocycles. The fraction of sp³-hybridized carbons (Fsp3) is 0.556. The van der Waals surface area contributed by atoms with Crippen LogP contribution in [0.4, 0.5) is 0 Å². The summed E-state index contributed by atoms with van der Waals surface area (Å²) in [5.74, 6) is 0.0317. The number of benzene rings is 1. The van der Waals surface area contributed by atoms with Crippen LogP contribution >= 0.6 is 11.3 Å². The van der Waals surface area contributed by atoms with Crippen LogP contribution in [0.2, 0.25) is 0 Å². The topological polar surface area (TPSA) is 101 Å². The fourth-order valence-corrected chi connectivity index (χ4v) is 5.21. The minimum absolute atomic E-state index is 0.0247. The third kappa shape index (κ3) is 6.63. The maximum atomic E-state index is 13.4. The summed E-state index contributed by atoms with van der Waals surface area (Å²) >= 11 is 1.58. The molecule has 1 aromatic carbocycles. The summed E-state index contributed by atoms with van der Waals surface area (Å²) in [6.07, 6.45) is 1.31. The van der Waals surface area contributed by atoms with Gasteiger partial charge in [0, 0.05) is 25.6 Å². The number of hydrogen-bond acceptors (Lipinski definition) is 6. The van der Waals surface area contributed by atoms with E-state index in [9.17, 15) is 14.4 Å². The first-order chi connectivity index (χ1) is 16.9. The average Bonchev–Trinajstić information content (AvgIpc) is 3.44. The Balaban J connectivity index is 1.75. The molecule has 1 aliphatic rings. The van der Waals surface area contributed by atoms with E-state index < -0.39 is 17.5 Å². The Morgan fingerprint density at radius 1 is 1.25 bits per heavy atom. The lowest BCUT2D eigenvalue weighted by atomic mass is 9.85. The molecule has 1 fully saturated rings. The Labute approximate surface area is 217 Å². The number of aryl methyl sites for hydroxylation is 1. The lowest BCUT2D eigenvalue weighted by molar-refractivity contribution is -0.143. The minimum Gasteiger partial charge on any atom is -0.491 e. The number of nitrogens with one attached hydrogen (secondary N) is 2. The molecule has 1 aromatic heterocycles. The van der Waals surface area contributed by atoms with Gasteiger partial charge in [-0.15, -0.1) is 11.3 Å². The molecule has 2 aromatic rings. The summed E-state index contributed by atoms with van der Waals surface area (Å²) in [5, 5.41) is 5.79. The number of likely N-dealkylation sites (tertiary alicyclic amines) is 1. The number of nitrogens with zero attached hydrogens (tertiary/aromatic N) is 2. The molecular formula is C27H38N4O4S. The first kappa shape index (κ1) is 27.6. The highest BCUT2D eigenvalue weighted by Gasteiger charge is 2.41. The molecule has 196 valence electrons. The van der Waals surface area contributed by atoms with Crippen LogP contribution in [0.5, 0.6) is 5.75 Å². The lowest BCUT2D eigenvalue weighted by Crippen LogP contribution is -2.57. The van der Waals surface area contributed by atoms with Gasteiger partial charge in [-0.1, -0.05) is 32.9 Å². The maximum absolute atomic E-state index is 13.4. The van der Waals surface area contributed by atoms with Crippen molar-refractivity contribution in [1.29, 1.82) is 0 Å². The van der Waals surface area contributed by atoms with Crippen molar-refractivity contribution in [1.82, 2.24) is 20.5 Å². The Bertz CT molecular complexity index is 1110. The van der Waals surface area contributed by atoms with Crippen molar-refractivity contribution in [2.75, 3.05) is 6.54 Å². The van der Waals surface area contributed by atoms with Crippen LogP contribution in [0.25, 0.3) is 10.4 Å². The van der Waals surface area contributed by atoms with Gasteiger partial charge in [0.1, 0.15) is 17.8 Å². The summed E-state index contributed by atoms with van der Waals surface area (Å²) in [7, 11) is 0. The van der Waals surface area contributed by atoms with Gasteiger partial charge < -0.3 is 20.3 Å². The summed E-state index contributed by atoms with van der Waals surface area (Å²) in [4.78, 5) is 45.4. The number of rotatable bonds is 8. The number of ether oxygens (including phenoxy) is 1. The number of thiazole rings is 1. The highest BCUT2D eigenvalue weighted by Crippen LogP contribution is 2.32. The zero-order valence-corrected chi connectivity index (χ0v) is 23.1. The Kier molecular flexibility index (Phi) is 8.76. The molecule has 3 amide bonds. The third-order valence-corrected chi connectivity index (χ3v) is 7.17. The average molecular weight is 515 g/mol. The predicted molar refractivity (Wildman–Crippen MR) is 142 cm³/mol. The molecular weight excluding hydrogens is 476 g/mol. The number of aromatic nitrogens is 1. The van der Waals surface area contributed by atoms with Crippen LogP contribution in [0.3, 0.4) is 0 Å². The van der Waals surface area contributed by atoms with Gasteiger partial charge in [0.25, 0.3) is 0 Å². The molecule has 9 heteroatoms. The second-order valence-corrected chi connectivity index (χ2v) is 11.5. The molecule has 36 heavy (non-hydrogen) atoms. The summed E-state index contributed by atoms with van der Waals surface area (Å²) in [6, 6.07) is 4.72. The lowest BCUT2D eigenvalue weighted by Gasteiger charge is -2.35. The van der Waals surface area contributed by atoms with Gasteiger partial charge in [0.05, 0.1) is 22.2 Å². The van der Waals surface area contributed by atoms with Crippen LogP contribution < -0.4 is 15.4 Å². The van der Waals surface area contributed by atoms with E-state index in [1.807, 2.05) is 65.3 Å². The van der Waals surface area contributed by atoms with E-state index in [-0.39, 0.29) is 30.4 Å². The van der Waals surface area contributed by atoms with E-state index >= 15 is 0 Å². The Morgan fingerprint density at radius 3 is 2.56 bits per heavy atom. The van der Waals surface area contributed by atoms with Crippen molar-refractivity contribution < 1.29 is 19.1 Å². The first-order valence-corrected chi connectivity index (χ1v) is 13.3. The van der Waals surface area contributed by atoms with Crippen LogP contribution in [0.15, 0.2) is 23.7 Å². The molecule has 0 bridgehead atoms. The van der Waals surface area contributed by atoms with Gasteiger partial charge in [-0.05, 0) is 50.7 Å². The van der Waals surface area contributed by atoms with Crippen LogP contribution in [0, 0.1) is 12.3 Å². The van der Waals surface area contributed by atoms with Crippen molar-refractivity contribution in [3.63, 3.8) is 0 Å². The molecule has 1 saturated heterocycles. The van der Waals surface area contributed by atoms with Crippen molar-refractivity contribution >= 4 is 29.1 Å². The van der Waals surface area contributed by atoms with Gasteiger partial charge in [-0.2, -0.15) is 0 Å². The van der Waals surface area contributed by atoms with E-state index in [2.05, 4.69) is 15.6 Å². The Hall–Kier alpha value is -2.94. The zero-order valence-electron chi connectivity index (χ0n) is 22.3. The number of hydrogen-bond donors (Lipinski definition) is 2. The molecule has 0 aliphatic carbocycles. The van der Waals surface area contributed by atoms with Crippen LogP contribution in [-0.4, -0.2) is 52.3 Å². The first-order valence-electron chi connectivity index (χ1n) is 12.4. The minimum atomic E-state index is -0.697. The van der Waals surface area contributed by atoms with Gasteiger partial charge in [-0.3, -0.25) is 14.4 Å². The largest absolute Gasteiger partial charge is 0.491 e. The SMILES string of the molecule is CC(=O)NC(C(=O)N1CCCC1C(=O)NCc1ccc(-c2scnc2C)cc1OC(C)C)C(C)(C)C. The number of carbonyl (C=O) groups is 3. The van der Waals surface area contributed by atoms with Gasteiger partial charge in [0.2, 0.25) is 17.7 Å². The van der Waals surface area contributed by atoms with E-state index in [0.717, 1.165) is 28.1 Å². The second kappa shape index (κ2) is 11.4. The molecule has 2 N–H and O–H groups in total. The van der Waals surface area contributed by atoms with E-state index in [1.54, 1.807) is 16.2 Å². The number of carbonyl (C=O) groups excluding carboxylic acids is 3. The van der Waals surface area contributed by atoms with Gasteiger partial charge >= 0.3 is 0 Å². The maximum Gasteiger partial charge on any atom is 0.246 e. The highest BCUT2D eigenvalue weighted by atomic mass is 32.1. The predicted octanol–water partition coefficient (Wildman–Crippen LogP) is 4.06. The molecule has 0 saturated carbocycles. The molecule has 1 aliphatic heterocycles. The second-order valence-electron chi connectivity index (χ2n) is 10.7. The standard InChI is InChI=1S/C27H38N4O4S/c1-16(2)35-22-13-19(23-17(3)29-15-36-23)10-11-20(22)14-28-25(33)21-9-8-12-31(21)26(34)24(27(5,6)7)30-18(4)32/h10-11,13,15-16,21,24H,8-9,12,14H2,1-7H3,(H,28,33)(H,30,32). The molecule has 8 nitrogen and oxygen atoms in total. The molecule has 2 atom stereocenters. The normalized spacial score (nSPS) is 16.7. The van der Waals surface area contributed by atoms with E-state index in [0.29, 0.717) is 18.7 Å². The van der Waals surface area contributed by atoms with E-state index in [1.165, 1.54) is 6.92 Å². The summed E-state index contributed by atoms with van der Waals surface area (Å²) in [5.41, 5.74) is 4.21.